The monoisotopic (exact) mass is 303 g/mol. The molecule has 0 amide bonds. The van der Waals surface area contributed by atoms with Gasteiger partial charge in [0, 0.05) is 25.9 Å². The molecule has 2 heterocycles. The zero-order chi connectivity index (χ0) is 15.8. The lowest BCUT2D eigenvalue weighted by atomic mass is 10.3. The van der Waals surface area contributed by atoms with E-state index in [4.69, 9.17) is 4.74 Å². The van der Waals surface area contributed by atoms with Crippen LogP contribution in [0.25, 0.3) is 0 Å². The highest BCUT2D eigenvalue weighted by atomic mass is 16.5. The van der Waals surface area contributed by atoms with E-state index in [2.05, 4.69) is 30.7 Å². The molecular weight excluding hydrogens is 282 g/mol. The van der Waals surface area contributed by atoms with Gasteiger partial charge in [0.2, 0.25) is 5.88 Å². The van der Waals surface area contributed by atoms with Gasteiger partial charge in [0.15, 0.2) is 5.96 Å². The van der Waals surface area contributed by atoms with Crippen LogP contribution < -0.4 is 15.4 Å². The second-order valence-corrected chi connectivity index (χ2v) is 4.56. The van der Waals surface area contributed by atoms with Crippen molar-refractivity contribution in [2.75, 3.05) is 13.7 Å². The molecule has 0 saturated carbocycles. The van der Waals surface area contributed by atoms with E-state index in [1.165, 1.54) is 6.33 Å². The maximum absolute atomic E-state index is 5.04. The van der Waals surface area contributed by atoms with Gasteiger partial charge in [0.05, 0.1) is 20.2 Å². The van der Waals surface area contributed by atoms with Gasteiger partial charge in [-0.2, -0.15) is 5.10 Å². The number of rotatable bonds is 6. The van der Waals surface area contributed by atoms with E-state index in [1.807, 2.05) is 26.1 Å². The Hall–Kier alpha value is -2.64. The van der Waals surface area contributed by atoms with Gasteiger partial charge in [-0.05, 0) is 12.5 Å². The first-order valence-corrected chi connectivity index (χ1v) is 7.07. The average molecular weight is 303 g/mol. The first-order valence-electron chi connectivity index (χ1n) is 7.07. The Bertz CT molecular complexity index is 606. The Balaban J connectivity index is 1.95. The van der Waals surface area contributed by atoms with Crippen LogP contribution in [0.4, 0.5) is 0 Å². The Labute approximate surface area is 129 Å². The lowest BCUT2D eigenvalue weighted by Crippen LogP contribution is -2.37. The van der Waals surface area contributed by atoms with Crippen molar-refractivity contribution in [2.24, 2.45) is 12.0 Å². The van der Waals surface area contributed by atoms with Crippen LogP contribution in [0.2, 0.25) is 0 Å². The smallest absolute Gasteiger partial charge is 0.212 e. The number of aromatic nitrogens is 4. The number of ether oxygens (including phenoxy) is 1. The van der Waals surface area contributed by atoms with Crippen LogP contribution in [0, 0.1) is 0 Å². The molecule has 8 heteroatoms. The van der Waals surface area contributed by atoms with Crippen LogP contribution in [0.15, 0.2) is 29.6 Å². The third-order valence-corrected chi connectivity index (χ3v) is 2.99. The quantitative estimate of drug-likeness (QED) is 0.596. The first-order chi connectivity index (χ1) is 10.7. The summed E-state index contributed by atoms with van der Waals surface area (Å²) in [4.78, 5) is 12.9. The summed E-state index contributed by atoms with van der Waals surface area (Å²) in [6.07, 6.45) is 3.29. The van der Waals surface area contributed by atoms with Crippen molar-refractivity contribution in [3.05, 3.63) is 36.0 Å². The number of hydrogen-bond donors (Lipinski definition) is 2. The highest BCUT2D eigenvalue weighted by molar-refractivity contribution is 5.79. The van der Waals surface area contributed by atoms with Gasteiger partial charge in [0.25, 0.3) is 0 Å². The normalized spacial score (nSPS) is 11.3. The Morgan fingerprint density at radius 1 is 1.32 bits per heavy atom. The summed E-state index contributed by atoms with van der Waals surface area (Å²) >= 11 is 0. The van der Waals surface area contributed by atoms with Crippen LogP contribution in [-0.2, 0) is 20.1 Å². The van der Waals surface area contributed by atoms with Crippen LogP contribution in [0.1, 0.15) is 18.3 Å². The molecule has 0 aliphatic heterocycles. The van der Waals surface area contributed by atoms with Crippen LogP contribution in [0.5, 0.6) is 5.88 Å². The van der Waals surface area contributed by atoms with Crippen molar-refractivity contribution in [1.82, 2.24) is 30.4 Å². The van der Waals surface area contributed by atoms with Gasteiger partial charge in [0.1, 0.15) is 12.2 Å². The molecule has 0 spiro atoms. The molecule has 0 aliphatic carbocycles. The number of aryl methyl sites for hydroxylation is 1. The molecule has 0 fully saturated rings. The highest BCUT2D eigenvalue weighted by Crippen LogP contribution is 2.07. The molecule has 0 saturated heterocycles. The fourth-order valence-corrected chi connectivity index (χ4v) is 1.78. The summed E-state index contributed by atoms with van der Waals surface area (Å²) in [7, 11) is 3.46. The molecule has 0 atom stereocenters. The van der Waals surface area contributed by atoms with Gasteiger partial charge < -0.3 is 15.4 Å². The summed E-state index contributed by atoms with van der Waals surface area (Å²) in [5.74, 6) is 2.16. The first kappa shape index (κ1) is 15.7. The molecule has 2 aromatic heterocycles. The second kappa shape index (κ2) is 7.96. The Morgan fingerprint density at radius 2 is 2.18 bits per heavy atom. The number of nitrogens with zero attached hydrogens (tertiary/aromatic N) is 5. The standard InChI is InChI=1S/C14H21N7O/c1-4-15-14(18-9-12-19-10-20-21(12)2)17-8-11-5-6-13(22-3)16-7-11/h5-7,10H,4,8-9H2,1-3H3,(H2,15,17,18). The van der Waals surface area contributed by atoms with E-state index in [0.29, 0.717) is 19.0 Å². The summed E-state index contributed by atoms with van der Waals surface area (Å²) in [6.45, 7) is 3.90. The molecule has 2 N–H and O–H groups in total. The average Bonchev–Trinajstić information content (AvgIpc) is 2.96. The predicted molar refractivity (Wildman–Crippen MR) is 83.4 cm³/mol. The topological polar surface area (TPSA) is 89.2 Å². The minimum Gasteiger partial charge on any atom is -0.481 e. The number of nitrogens with one attached hydrogen (secondary N) is 2. The predicted octanol–water partition coefficient (Wildman–Crippen LogP) is 0.474. The minimum atomic E-state index is 0.533. The van der Waals surface area contributed by atoms with E-state index < -0.39 is 0 Å². The summed E-state index contributed by atoms with van der Waals surface area (Å²) in [5.41, 5.74) is 1.01. The van der Waals surface area contributed by atoms with Crippen molar-refractivity contribution < 1.29 is 4.74 Å². The number of pyridine rings is 1. The summed E-state index contributed by atoms with van der Waals surface area (Å²) in [6, 6.07) is 3.77. The van der Waals surface area contributed by atoms with Gasteiger partial charge in [-0.15, -0.1) is 0 Å². The molecule has 0 radical (unpaired) electrons. The Morgan fingerprint density at radius 3 is 2.77 bits per heavy atom. The van der Waals surface area contributed by atoms with Crippen LogP contribution in [-0.4, -0.2) is 39.4 Å². The van der Waals surface area contributed by atoms with Crippen LogP contribution >= 0.6 is 0 Å². The van der Waals surface area contributed by atoms with Crippen molar-refractivity contribution in [2.45, 2.75) is 20.0 Å². The molecule has 0 unspecified atom stereocenters. The second-order valence-electron chi connectivity index (χ2n) is 4.56. The van der Waals surface area contributed by atoms with E-state index in [0.717, 1.165) is 23.9 Å². The molecular formula is C14H21N7O. The van der Waals surface area contributed by atoms with E-state index >= 15 is 0 Å². The van der Waals surface area contributed by atoms with Crippen molar-refractivity contribution >= 4 is 5.96 Å². The molecule has 0 aliphatic rings. The third kappa shape index (κ3) is 4.44. The number of methoxy groups -OCH3 is 1. The zero-order valence-corrected chi connectivity index (χ0v) is 13.1. The molecule has 8 nitrogen and oxygen atoms in total. The molecule has 118 valence electrons. The zero-order valence-electron chi connectivity index (χ0n) is 13.1. The maximum Gasteiger partial charge on any atom is 0.212 e. The molecule has 22 heavy (non-hydrogen) atoms. The highest BCUT2D eigenvalue weighted by Gasteiger charge is 2.03. The third-order valence-electron chi connectivity index (χ3n) is 2.99. The molecule has 2 rings (SSSR count). The fraction of sp³-hybridized carbons (Fsp3) is 0.429. The fourth-order valence-electron chi connectivity index (χ4n) is 1.78. The van der Waals surface area contributed by atoms with Gasteiger partial charge in [-0.1, -0.05) is 6.07 Å². The molecule has 2 aromatic rings. The van der Waals surface area contributed by atoms with Crippen molar-refractivity contribution in [1.29, 1.82) is 0 Å². The van der Waals surface area contributed by atoms with Crippen LogP contribution in [0.3, 0.4) is 0 Å². The lowest BCUT2D eigenvalue weighted by molar-refractivity contribution is 0.397. The van der Waals surface area contributed by atoms with Crippen molar-refractivity contribution in [3.8, 4) is 5.88 Å². The van der Waals surface area contributed by atoms with E-state index in [1.54, 1.807) is 18.0 Å². The summed E-state index contributed by atoms with van der Waals surface area (Å²) < 4.78 is 6.76. The van der Waals surface area contributed by atoms with E-state index in [9.17, 15) is 0 Å². The lowest BCUT2D eigenvalue weighted by Gasteiger charge is -2.10. The SMILES string of the molecule is CCNC(=NCc1ccc(OC)nc1)NCc1ncnn1C. The number of hydrogen-bond acceptors (Lipinski definition) is 5. The van der Waals surface area contributed by atoms with E-state index in [-0.39, 0.29) is 0 Å². The molecule has 0 aromatic carbocycles. The maximum atomic E-state index is 5.04. The molecule has 0 bridgehead atoms. The largest absolute Gasteiger partial charge is 0.481 e. The number of guanidine groups is 1. The summed E-state index contributed by atoms with van der Waals surface area (Å²) in [5, 5.41) is 10.5. The minimum absolute atomic E-state index is 0.533. The van der Waals surface area contributed by atoms with Gasteiger partial charge in [-0.3, -0.25) is 4.68 Å². The number of aliphatic imine (C=N–C) groups is 1. The van der Waals surface area contributed by atoms with Gasteiger partial charge in [-0.25, -0.2) is 15.0 Å². The van der Waals surface area contributed by atoms with Gasteiger partial charge >= 0.3 is 0 Å². The Kier molecular flexibility index (Phi) is 5.70. The van der Waals surface area contributed by atoms with Crippen molar-refractivity contribution in [3.63, 3.8) is 0 Å².